The van der Waals surface area contributed by atoms with E-state index in [0.29, 0.717) is 0 Å². The topological polar surface area (TPSA) is 26.3 Å². The lowest BCUT2D eigenvalue weighted by molar-refractivity contribution is -0.924. The molecule has 1 fully saturated rings. The summed E-state index contributed by atoms with van der Waals surface area (Å²) in [5, 5.41) is 0. The normalized spacial score (nSPS) is 22.2. The summed E-state index contributed by atoms with van der Waals surface area (Å²) in [5.41, 5.74) is 0. The predicted molar refractivity (Wildman–Crippen MR) is 74.2 cm³/mol. The SMILES string of the molecule is C=S(C)(=O)OCC#CC[N+]1(CC)CCCCC1. The maximum absolute atomic E-state index is 11.2. The molecular formula is C13H24NO2S+. The Morgan fingerprint density at radius 2 is 1.94 bits per heavy atom. The molecule has 1 atom stereocenters. The third kappa shape index (κ3) is 5.58. The van der Waals surface area contributed by atoms with Crippen LogP contribution in [0.3, 0.4) is 0 Å². The van der Waals surface area contributed by atoms with Crippen molar-refractivity contribution in [3.63, 3.8) is 0 Å². The molecule has 0 amide bonds. The Kier molecular flexibility index (Phi) is 5.51. The highest BCUT2D eigenvalue weighted by Gasteiger charge is 2.26. The molecule has 1 heterocycles. The van der Waals surface area contributed by atoms with Gasteiger partial charge in [-0.2, -0.15) is 0 Å². The van der Waals surface area contributed by atoms with Crippen LogP contribution in [0.1, 0.15) is 26.2 Å². The Labute approximate surface area is 106 Å². The van der Waals surface area contributed by atoms with E-state index in [1.54, 1.807) is 0 Å². The van der Waals surface area contributed by atoms with Crippen molar-refractivity contribution in [1.82, 2.24) is 0 Å². The Hall–Kier alpha value is -0.500. The van der Waals surface area contributed by atoms with Gasteiger partial charge in [0, 0.05) is 6.26 Å². The van der Waals surface area contributed by atoms with Crippen LogP contribution in [0, 0.1) is 11.8 Å². The first-order valence-electron chi connectivity index (χ1n) is 6.25. The van der Waals surface area contributed by atoms with E-state index in [1.165, 1.54) is 38.6 Å². The van der Waals surface area contributed by atoms with Gasteiger partial charge in [0.15, 0.2) is 0 Å². The van der Waals surface area contributed by atoms with Crippen molar-refractivity contribution >= 4 is 15.7 Å². The van der Waals surface area contributed by atoms with E-state index in [1.807, 2.05) is 0 Å². The first-order valence-corrected chi connectivity index (χ1v) is 8.31. The van der Waals surface area contributed by atoms with Crippen molar-refractivity contribution in [3.8, 4) is 11.8 Å². The van der Waals surface area contributed by atoms with E-state index in [4.69, 9.17) is 4.18 Å². The molecule has 3 nitrogen and oxygen atoms in total. The zero-order valence-corrected chi connectivity index (χ0v) is 11.9. The summed E-state index contributed by atoms with van der Waals surface area (Å²) < 4.78 is 17.3. The Bertz CT molecular complexity index is 383. The van der Waals surface area contributed by atoms with Crippen LogP contribution in [0.15, 0.2) is 0 Å². The molecule has 1 aliphatic heterocycles. The molecule has 0 aliphatic carbocycles. The highest BCUT2D eigenvalue weighted by Crippen LogP contribution is 2.17. The third-order valence-electron chi connectivity index (χ3n) is 3.36. The van der Waals surface area contributed by atoms with Crippen LogP contribution < -0.4 is 0 Å². The maximum Gasteiger partial charge on any atom is 0.141 e. The van der Waals surface area contributed by atoms with Crippen LogP contribution in [0.5, 0.6) is 0 Å². The van der Waals surface area contributed by atoms with Crippen LogP contribution in [-0.4, -0.2) is 53.6 Å². The van der Waals surface area contributed by atoms with Crippen LogP contribution in [0.25, 0.3) is 0 Å². The van der Waals surface area contributed by atoms with Gasteiger partial charge in [-0.25, -0.2) is 4.21 Å². The number of hydrogen-bond donors (Lipinski definition) is 0. The molecule has 1 aliphatic rings. The highest BCUT2D eigenvalue weighted by molar-refractivity contribution is 7.95. The molecule has 0 aromatic heterocycles. The molecular weight excluding hydrogens is 234 g/mol. The Balaban J connectivity index is 2.40. The predicted octanol–water partition coefficient (Wildman–Crippen LogP) is 1.29. The Morgan fingerprint density at radius 3 is 2.47 bits per heavy atom. The molecule has 0 radical (unpaired) electrons. The average molecular weight is 258 g/mol. The first-order chi connectivity index (χ1) is 7.97. The smallest absolute Gasteiger partial charge is 0.141 e. The largest absolute Gasteiger partial charge is 0.314 e. The number of quaternary nitrogens is 1. The van der Waals surface area contributed by atoms with E-state index in [-0.39, 0.29) is 6.61 Å². The molecule has 1 saturated heterocycles. The summed E-state index contributed by atoms with van der Waals surface area (Å²) in [7, 11) is -2.36. The van der Waals surface area contributed by atoms with E-state index >= 15 is 0 Å². The third-order valence-corrected chi connectivity index (χ3v) is 3.97. The van der Waals surface area contributed by atoms with E-state index in [2.05, 4.69) is 24.6 Å². The maximum atomic E-state index is 11.2. The number of piperidine rings is 1. The van der Waals surface area contributed by atoms with E-state index < -0.39 is 9.80 Å². The van der Waals surface area contributed by atoms with Gasteiger partial charge >= 0.3 is 0 Å². The van der Waals surface area contributed by atoms with Crippen molar-refractivity contribution in [1.29, 1.82) is 0 Å². The monoisotopic (exact) mass is 258 g/mol. The molecule has 0 N–H and O–H groups in total. The quantitative estimate of drug-likeness (QED) is 0.431. The molecule has 1 unspecified atom stereocenters. The Morgan fingerprint density at radius 1 is 1.29 bits per heavy atom. The lowest BCUT2D eigenvalue weighted by atomic mass is 10.1. The van der Waals surface area contributed by atoms with Crippen molar-refractivity contribution < 1.29 is 12.9 Å². The van der Waals surface area contributed by atoms with Gasteiger partial charge in [0.1, 0.15) is 13.2 Å². The average Bonchev–Trinajstić information content (AvgIpc) is 2.28. The molecule has 0 spiro atoms. The summed E-state index contributed by atoms with van der Waals surface area (Å²) in [6.45, 7) is 6.98. The highest BCUT2D eigenvalue weighted by atomic mass is 32.2. The van der Waals surface area contributed by atoms with Gasteiger partial charge in [-0.3, -0.25) is 4.18 Å². The van der Waals surface area contributed by atoms with Gasteiger partial charge in [-0.05, 0) is 38.0 Å². The van der Waals surface area contributed by atoms with Crippen molar-refractivity contribution in [2.45, 2.75) is 26.2 Å². The summed E-state index contributed by atoms with van der Waals surface area (Å²) in [4.78, 5) is 0. The molecule has 17 heavy (non-hydrogen) atoms. The second-order valence-electron chi connectivity index (χ2n) is 4.87. The summed E-state index contributed by atoms with van der Waals surface area (Å²) in [6, 6.07) is 0. The molecule has 4 heteroatoms. The fraction of sp³-hybridized carbons (Fsp3) is 0.769. The summed E-state index contributed by atoms with van der Waals surface area (Å²) in [6.07, 6.45) is 5.47. The van der Waals surface area contributed by atoms with Gasteiger partial charge in [0.25, 0.3) is 0 Å². The summed E-state index contributed by atoms with van der Waals surface area (Å²) >= 11 is 0. The molecule has 0 aromatic carbocycles. The first kappa shape index (κ1) is 14.6. The minimum Gasteiger partial charge on any atom is -0.314 e. The fourth-order valence-electron chi connectivity index (χ4n) is 2.20. The van der Waals surface area contributed by atoms with Crippen molar-refractivity contribution in [2.24, 2.45) is 0 Å². The van der Waals surface area contributed by atoms with Crippen LogP contribution in [-0.2, 0) is 14.0 Å². The molecule has 0 bridgehead atoms. The van der Waals surface area contributed by atoms with Gasteiger partial charge in [-0.15, -0.1) is 0 Å². The molecule has 98 valence electrons. The number of hydrogen-bond acceptors (Lipinski definition) is 2. The lowest BCUT2D eigenvalue weighted by Gasteiger charge is -2.39. The number of nitrogens with zero attached hydrogens (tertiary/aromatic N) is 1. The van der Waals surface area contributed by atoms with E-state index in [9.17, 15) is 4.21 Å². The molecule has 0 aromatic rings. The zero-order valence-electron chi connectivity index (χ0n) is 11.0. The lowest BCUT2D eigenvalue weighted by Crippen LogP contribution is -2.51. The van der Waals surface area contributed by atoms with Crippen LogP contribution >= 0.6 is 0 Å². The second kappa shape index (κ2) is 6.44. The van der Waals surface area contributed by atoms with Crippen LogP contribution in [0.4, 0.5) is 0 Å². The minimum absolute atomic E-state index is 0.225. The fourth-order valence-corrected chi connectivity index (χ4v) is 2.51. The van der Waals surface area contributed by atoms with Gasteiger partial charge < -0.3 is 4.48 Å². The molecule has 1 rings (SSSR count). The van der Waals surface area contributed by atoms with Gasteiger partial charge in [0.2, 0.25) is 0 Å². The zero-order chi connectivity index (χ0) is 12.8. The van der Waals surface area contributed by atoms with Crippen molar-refractivity contribution in [3.05, 3.63) is 0 Å². The second-order valence-corrected chi connectivity index (χ2v) is 6.95. The minimum atomic E-state index is -2.36. The number of rotatable bonds is 4. The van der Waals surface area contributed by atoms with E-state index in [0.717, 1.165) is 17.6 Å². The molecule has 0 saturated carbocycles. The van der Waals surface area contributed by atoms with Gasteiger partial charge in [-0.1, -0.05) is 5.92 Å². The standard InChI is InChI=1S/C13H24NO2S/c1-4-14(10-6-5-7-11-14)12-8-9-13-16-17(2,3)15/h2,4-7,10-13H2,1,3H3/q+1. The van der Waals surface area contributed by atoms with Gasteiger partial charge in [0.05, 0.1) is 29.4 Å². The van der Waals surface area contributed by atoms with Crippen molar-refractivity contribution in [2.75, 3.05) is 39.0 Å². The van der Waals surface area contributed by atoms with Crippen LogP contribution in [0.2, 0.25) is 0 Å². The summed E-state index contributed by atoms with van der Waals surface area (Å²) in [5.74, 6) is 9.53. The number of likely N-dealkylation sites (tertiary alicyclic amines) is 1.